The predicted molar refractivity (Wildman–Crippen MR) is 84.9 cm³/mol. The smallest absolute Gasteiger partial charge is 0.142 e. The Kier molecular flexibility index (Phi) is 6.19. The Labute approximate surface area is 125 Å². The van der Waals surface area contributed by atoms with Gasteiger partial charge < -0.3 is 9.64 Å². The van der Waals surface area contributed by atoms with Crippen LogP contribution in [0.5, 0.6) is 5.75 Å². The molecule has 2 rings (SSSR count). The summed E-state index contributed by atoms with van der Waals surface area (Å²) in [5.74, 6) is 0.969. The second-order valence-corrected chi connectivity index (χ2v) is 5.04. The van der Waals surface area contributed by atoms with Gasteiger partial charge in [-0.25, -0.2) is 0 Å². The van der Waals surface area contributed by atoms with Crippen LogP contribution in [0, 0.1) is 0 Å². The zero-order chi connectivity index (χ0) is 14.9. The van der Waals surface area contributed by atoms with Crippen LogP contribution in [0.25, 0.3) is 10.4 Å². The number of hydrogen-bond donors (Lipinski definition) is 0. The highest BCUT2D eigenvalue weighted by atomic mass is 16.5. The average molecular weight is 289 g/mol. The Hall–Kier alpha value is -1.91. The Bertz CT molecular complexity index is 479. The van der Waals surface area contributed by atoms with E-state index in [1.54, 1.807) is 0 Å². The molecule has 0 radical (unpaired) electrons. The lowest BCUT2D eigenvalue weighted by Crippen LogP contribution is -2.46. The second kappa shape index (κ2) is 8.39. The molecule has 1 saturated heterocycles. The summed E-state index contributed by atoms with van der Waals surface area (Å²) < 4.78 is 5.71. The number of ether oxygens (including phenoxy) is 1. The number of para-hydroxylation sites is 2. The van der Waals surface area contributed by atoms with Crippen LogP contribution in [0.3, 0.4) is 0 Å². The molecule has 0 spiro atoms. The van der Waals surface area contributed by atoms with Gasteiger partial charge in [0.15, 0.2) is 0 Å². The molecule has 6 heteroatoms. The van der Waals surface area contributed by atoms with E-state index in [1.165, 1.54) is 5.69 Å². The third-order valence-corrected chi connectivity index (χ3v) is 3.67. The summed E-state index contributed by atoms with van der Waals surface area (Å²) in [5.41, 5.74) is 9.45. The lowest BCUT2D eigenvalue weighted by Gasteiger charge is -2.36. The van der Waals surface area contributed by atoms with Crippen molar-refractivity contribution < 1.29 is 4.74 Å². The number of anilines is 1. The predicted octanol–water partition coefficient (Wildman–Crippen LogP) is 2.91. The Morgan fingerprint density at radius 3 is 2.71 bits per heavy atom. The number of rotatable bonds is 7. The van der Waals surface area contributed by atoms with Crippen molar-refractivity contribution in [3.63, 3.8) is 0 Å². The van der Waals surface area contributed by atoms with Crippen molar-refractivity contribution in [3.05, 3.63) is 34.7 Å². The molecule has 1 aliphatic rings. The van der Waals surface area contributed by atoms with Crippen molar-refractivity contribution in [1.82, 2.24) is 4.90 Å². The molecule has 0 amide bonds. The van der Waals surface area contributed by atoms with E-state index >= 15 is 0 Å². The summed E-state index contributed by atoms with van der Waals surface area (Å²) in [4.78, 5) is 7.59. The number of hydrogen-bond acceptors (Lipinski definition) is 4. The normalized spacial score (nSPS) is 15.6. The lowest BCUT2D eigenvalue weighted by molar-refractivity contribution is 0.255. The molecule has 0 aromatic heterocycles. The molecular formula is C15H23N5O. The summed E-state index contributed by atoms with van der Waals surface area (Å²) >= 11 is 0. The highest BCUT2D eigenvalue weighted by Gasteiger charge is 2.18. The van der Waals surface area contributed by atoms with Crippen molar-refractivity contribution in [2.75, 3.05) is 50.8 Å². The molecule has 1 fully saturated rings. The third kappa shape index (κ3) is 4.55. The van der Waals surface area contributed by atoms with Crippen molar-refractivity contribution in [2.24, 2.45) is 5.11 Å². The largest absolute Gasteiger partial charge is 0.492 e. The van der Waals surface area contributed by atoms with Crippen molar-refractivity contribution in [1.29, 1.82) is 0 Å². The van der Waals surface area contributed by atoms with Gasteiger partial charge in [0.25, 0.3) is 0 Å². The average Bonchev–Trinajstić information content (AvgIpc) is 2.53. The maximum Gasteiger partial charge on any atom is 0.142 e. The highest BCUT2D eigenvalue weighted by molar-refractivity contribution is 5.58. The summed E-state index contributed by atoms with van der Waals surface area (Å²) in [6, 6.07) is 8.23. The first-order chi connectivity index (χ1) is 10.3. The standard InChI is InChI=1S/C15H23N5O/c1-2-21-15-7-4-3-6-14(15)20-12-10-19(11-13-20)9-5-8-17-18-16/h3-4,6-7H,2,5,8-13H2,1H3. The summed E-state index contributed by atoms with van der Waals surface area (Å²) in [6.45, 7) is 8.38. The van der Waals surface area contributed by atoms with Crippen LogP contribution in [0.2, 0.25) is 0 Å². The maximum atomic E-state index is 8.26. The highest BCUT2D eigenvalue weighted by Crippen LogP contribution is 2.28. The van der Waals surface area contributed by atoms with E-state index < -0.39 is 0 Å². The Morgan fingerprint density at radius 1 is 1.24 bits per heavy atom. The Morgan fingerprint density at radius 2 is 2.00 bits per heavy atom. The molecule has 0 atom stereocenters. The van der Waals surface area contributed by atoms with Crippen molar-refractivity contribution in [3.8, 4) is 5.75 Å². The van der Waals surface area contributed by atoms with Gasteiger partial charge in [-0.3, -0.25) is 4.90 Å². The van der Waals surface area contributed by atoms with Gasteiger partial charge in [-0.05, 0) is 37.6 Å². The quantitative estimate of drug-likeness (QED) is 0.335. The van der Waals surface area contributed by atoms with E-state index in [9.17, 15) is 0 Å². The summed E-state index contributed by atoms with van der Waals surface area (Å²) in [7, 11) is 0. The summed E-state index contributed by atoms with van der Waals surface area (Å²) in [5, 5.41) is 3.58. The van der Waals surface area contributed by atoms with Crippen molar-refractivity contribution in [2.45, 2.75) is 13.3 Å². The van der Waals surface area contributed by atoms with Gasteiger partial charge in [-0.1, -0.05) is 17.2 Å². The molecule has 0 unspecified atom stereocenters. The van der Waals surface area contributed by atoms with E-state index in [-0.39, 0.29) is 0 Å². The first-order valence-electron chi connectivity index (χ1n) is 7.55. The van der Waals surface area contributed by atoms with Gasteiger partial charge >= 0.3 is 0 Å². The number of piperazine rings is 1. The SMILES string of the molecule is CCOc1ccccc1N1CCN(CCCN=[N+]=[N-])CC1. The van der Waals surface area contributed by atoms with Gasteiger partial charge in [0.05, 0.1) is 12.3 Å². The molecule has 0 N–H and O–H groups in total. The molecule has 0 aliphatic carbocycles. The van der Waals surface area contributed by atoms with Crippen LogP contribution in [-0.2, 0) is 0 Å². The van der Waals surface area contributed by atoms with Gasteiger partial charge in [-0.2, -0.15) is 0 Å². The van der Waals surface area contributed by atoms with Gasteiger partial charge in [0.1, 0.15) is 5.75 Å². The molecule has 0 saturated carbocycles. The van der Waals surface area contributed by atoms with E-state index in [0.29, 0.717) is 13.2 Å². The summed E-state index contributed by atoms with van der Waals surface area (Å²) in [6.07, 6.45) is 0.930. The zero-order valence-electron chi connectivity index (χ0n) is 12.6. The van der Waals surface area contributed by atoms with Crippen LogP contribution >= 0.6 is 0 Å². The molecule has 1 aromatic rings. The molecule has 1 heterocycles. The van der Waals surface area contributed by atoms with Crippen LogP contribution in [0.15, 0.2) is 29.4 Å². The molecule has 1 aromatic carbocycles. The topological polar surface area (TPSA) is 64.5 Å². The number of benzene rings is 1. The fourth-order valence-corrected chi connectivity index (χ4v) is 2.62. The van der Waals surface area contributed by atoms with Crippen molar-refractivity contribution >= 4 is 5.69 Å². The van der Waals surface area contributed by atoms with Gasteiger partial charge in [0, 0.05) is 37.6 Å². The Balaban J connectivity index is 1.84. The minimum Gasteiger partial charge on any atom is -0.492 e. The zero-order valence-corrected chi connectivity index (χ0v) is 12.6. The lowest BCUT2D eigenvalue weighted by atomic mass is 10.2. The molecule has 114 valence electrons. The van der Waals surface area contributed by atoms with E-state index in [1.807, 2.05) is 19.1 Å². The molecular weight excluding hydrogens is 266 g/mol. The fourth-order valence-electron chi connectivity index (χ4n) is 2.62. The molecule has 0 bridgehead atoms. The number of azide groups is 1. The first-order valence-corrected chi connectivity index (χ1v) is 7.55. The first kappa shape index (κ1) is 15.5. The van der Waals surface area contributed by atoms with Crippen LogP contribution in [-0.4, -0.2) is 50.8 Å². The monoisotopic (exact) mass is 289 g/mol. The minimum atomic E-state index is 0.587. The third-order valence-electron chi connectivity index (χ3n) is 3.67. The molecule has 21 heavy (non-hydrogen) atoms. The molecule has 1 aliphatic heterocycles. The van der Waals surface area contributed by atoms with Crippen LogP contribution in [0.4, 0.5) is 5.69 Å². The second-order valence-electron chi connectivity index (χ2n) is 5.04. The molecule has 6 nitrogen and oxygen atoms in total. The van der Waals surface area contributed by atoms with Gasteiger partial charge in [0.2, 0.25) is 0 Å². The van der Waals surface area contributed by atoms with Crippen LogP contribution in [0.1, 0.15) is 13.3 Å². The number of nitrogens with zero attached hydrogens (tertiary/aromatic N) is 5. The maximum absolute atomic E-state index is 8.26. The van der Waals surface area contributed by atoms with Crippen LogP contribution < -0.4 is 9.64 Å². The van der Waals surface area contributed by atoms with E-state index in [0.717, 1.165) is 44.9 Å². The minimum absolute atomic E-state index is 0.587. The van der Waals surface area contributed by atoms with Gasteiger partial charge in [-0.15, -0.1) is 0 Å². The fraction of sp³-hybridized carbons (Fsp3) is 0.600. The van der Waals surface area contributed by atoms with E-state index in [4.69, 9.17) is 10.3 Å². The van der Waals surface area contributed by atoms with E-state index in [2.05, 4.69) is 32.0 Å².